The molecule has 1 N–H and O–H groups in total. The third-order valence-corrected chi connectivity index (χ3v) is 5.76. The molecule has 2 atom stereocenters. The number of piperidine rings is 1. The van der Waals surface area contributed by atoms with Gasteiger partial charge in [0.15, 0.2) is 0 Å². The molecule has 2 heterocycles. The highest BCUT2D eigenvalue weighted by Gasteiger charge is 2.44. The zero-order chi connectivity index (χ0) is 17.9. The van der Waals surface area contributed by atoms with E-state index in [9.17, 15) is 4.79 Å². The molecule has 2 aliphatic rings. The Morgan fingerprint density at radius 3 is 2.65 bits per heavy atom. The summed E-state index contributed by atoms with van der Waals surface area (Å²) in [6.45, 7) is 5.08. The van der Waals surface area contributed by atoms with Gasteiger partial charge in [0, 0.05) is 37.8 Å². The van der Waals surface area contributed by atoms with Gasteiger partial charge in [-0.05, 0) is 55.4 Å². The lowest BCUT2D eigenvalue weighted by atomic mass is 10.0. The van der Waals surface area contributed by atoms with Gasteiger partial charge in [0.05, 0.1) is 5.69 Å². The van der Waals surface area contributed by atoms with Crippen LogP contribution in [0.2, 0.25) is 0 Å². The number of carbonyl (C=O) groups excluding carboxylic acids is 1. The van der Waals surface area contributed by atoms with Crippen LogP contribution in [0.15, 0.2) is 48.7 Å². The zero-order valence-corrected chi connectivity index (χ0v) is 15.4. The number of carbonyl (C=O) groups is 1. The van der Waals surface area contributed by atoms with Crippen LogP contribution >= 0.6 is 0 Å². The van der Waals surface area contributed by atoms with E-state index < -0.39 is 0 Å². The summed E-state index contributed by atoms with van der Waals surface area (Å²) in [7, 11) is 0. The van der Waals surface area contributed by atoms with E-state index in [1.165, 1.54) is 11.1 Å². The van der Waals surface area contributed by atoms with Gasteiger partial charge in [0.25, 0.3) is 0 Å². The summed E-state index contributed by atoms with van der Waals surface area (Å²) in [5.74, 6) is 0.838. The van der Waals surface area contributed by atoms with Gasteiger partial charge in [-0.3, -0.25) is 14.7 Å². The molecule has 1 saturated heterocycles. The van der Waals surface area contributed by atoms with Crippen LogP contribution in [0.4, 0.5) is 0 Å². The Bertz CT molecular complexity index is 753. The Hall–Kier alpha value is -2.20. The van der Waals surface area contributed by atoms with E-state index in [2.05, 4.69) is 52.5 Å². The van der Waals surface area contributed by atoms with E-state index in [1.807, 2.05) is 18.3 Å². The molecule has 0 radical (unpaired) electrons. The Labute approximate surface area is 155 Å². The summed E-state index contributed by atoms with van der Waals surface area (Å²) < 4.78 is 0. The van der Waals surface area contributed by atoms with Gasteiger partial charge in [-0.15, -0.1) is 0 Å². The molecular weight excluding hydrogens is 322 g/mol. The van der Waals surface area contributed by atoms with Crippen molar-refractivity contribution in [3.8, 4) is 0 Å². The molecule has 1 aromatic heterocycles. The summed E-state index contributed by atoms with van der Waals surface area (Å²) in [5.41, 5.74) is 3.77. The van der Waals surface area contributed by atoms with Crippen LogP contribution < -0.4 is 5.32 Å². The molecule has 1 aliphatic heterocycles. The third kappa shape index (κ3) is 3.96. The van der Waals surface area contributed by atoms with Crippen LogP contribution in [0.25, 0.3) is 0 Å². The van der Waals surface area contributed by atoms with Crippen molar-refractivity contribution >= 4 is 5.91 Å². The van der Waals surface area contributed by atoms with E-state index in [0.717, 1.165) is 44.6 Å². The second kappa shape index (κ2) is 7.58. The lowest BCUT2D eigenvalue weighted by Gasteiger charge is -2.32. The summed E-state index contributed by atoms with van der Waals surface area (Å²) >= 11 is 0. The average molecular weight is 349 g/mol. The third-order valence-electron chi connectivity index (χ3n) is 5.76. The van der Waals surface area contributed by atoms with Crippen molar-refractivity contribution in [3.63, 3.8) is 0 Å². The number of benzene rings is 1. The molecule has 0 spiro atoms. The van der Waals surface area contributed by atoms with Crippen LogP contribution in [-0.4, -0.2) is 34.9 Å². The van der Waals surface area contributed by atoms with E-state index in [-0.39, 0.29) is 11.8 Å². The molecule has 0 unspecified atom stereocenters. The molecule has 1 aliphatic carbocycles. The number of nitrogens with one attached hydrogen (secondary N) is 1. The van der Waals surface area contributed by atoms with Gasteiger partial charge < -0.3 is 5.32 Å². The smallest absolute Gasteiger partial charge is 0.223 e. The predicted octanol–water partition coefficient (Wildman–Crippen LogP) is 3.27. The van der Waals surface area contributed by atoms with Gasteiger partial charge in [-0.25, -0.2) is 0 Å². The highest BCUT2D eigenvalue weighted by atomic mass is 16.2. The number of aromatic nitrogens is 1. The minimum atomic E-state index is 0.169. The molecule has 1 amide bonds. The van der Waals surface area contributed by atoms with Crippen molar-refractivity contribution in [1.29, 1.82) is 0 Å². The lowest BCUT2D eigenvalue weighted by molar-refractivity contribution is -0.123. The molecule has 1 aromatic carbocycles. The van der Waals surface area contributed by atoms with Crippen LogP contribution in [0.3, 0.4) is 0 Å². The molecule has 136 valence electrons. The quantitative estimate of drug-likeness (QED) is 0.901. The highest BCUT2D eigenvalue weighted by Crippen LogP contribution is 2.48. The van der Waals surface area contributed by atoms with Gasteiger partial charge >= 0.3 is 0 Å². The molecule has 4 nitrogen and oxygen atoms in total. The fourth-order valence-electron chi connectivity index (χ4n) is 4.10. The number of rotatable bonds is 5. The molecule has 1 saturated carbocycles. The summed E-state index contributed by atoms with van der Waals surface area (Å²) in [5, 5.41) is 3.30. The number of hydrogen-bond donors (Lipinski definition) is 1. The van der Waals surface area contributed by atoms with Crippen LogP contribution in [0.1, 0.15) is 42.0 Å². The highest BCUT2D eigenvalue weighted by molar-refractivity contribution is 5.83. The standard InChI is InChI=1S/C22H27N3O/c1-16-6-2-3-8-19(16)20-14-21(20)22(26)24-17-9-12-25(13-10-17)15-18-7-4-5-11-23-18/h2-8,11,17,20-21H,9-10,12-15H2,1H3,(H,24,26)/t20-,21+/m0/s1. The van der Waals surface area contributed by atoms with Crippen molar-refractivity contribution in [3.05, 3.63) is 65.5 Å². The predicted molar refractivity (Wildman–Crippen MR) is 103 cm³/mol. The molecule has 26 heavy (non-hydrogen) atoms. The van der Waals surface area contributed by atoms with Crippen LogP contribution in [-0.2, 0) is 11.3 Å². The Balaban J connectivity index is 1.24. The number of aryl methyl sites for hydroxylation is 1. The van der Waals surface area contributed by atoms with Crippen LogP contribution in [0, 0.1) is 12.8 Å². The number of amides is 1. The van der Waals surface area contributed by atoms with Crippen molar-refractivity contribution in [2.24, 2.45) is 5.92 Å². The topological polar surface area (TPSA) is 45.2 Å². The Morgan fingerprint density at radius 1 is 1.15 bits per heavy atom. The number of pyridine rings is 1. The first-order valence-electron chi connectivity index (χ1n) is 9.69. The SMILES string of the molecule is Cc1ccccc1[C@@H]1C[C@H]1C(=O)NC1CCN(Cc2ccccn2)CC1. The second-order valence-corrected chi connectivity index (χ2v) is 7.69. The monoisotopic (exact) mass is 349 g/mol. The lowest BCUT2D eigenvalue weighted by Crippen LogP contribution is -2.45. The zero-order valence-electron chi connectivity index (χ0n) is 15.4. The summed E-state index contributed by atoms with van der Waals surface area (Å²) in [6.07, 6.45) is 4.90. The first kappa shape index (κ1) is 17.2. The van der Waals surface area contributed by atoms with Crippen LogP contribution in [0.5, 0.6) is 0 Å². The Morgan fingerprint density at radius 2 is 1.92 bits per heavy atom. The minimum absolute atomic E-state index is 0.169. The number of nitrogens with zero attached hydrogens (tertiary/aromatic N) is 2. The van der Waals surface area contributed by atoms with E-state index >= 15 is 0 Å². The molecule has 4 rings (SSSR count). The first-order chi connectivity index (χ1) is 12.7. The summed E-state index contributed by atoms with van der Waals surface area (Å²) in [4.78, 5) is 19.4. The van der Waals surface area contributed by atoms with Gasteiger partial charge in [0.1, 0.15) is 0 Å². The van der Waals surface area contributed by atoms with Gasteiger partial charge in [0.2, 0.25) is 5.91 Å². The maximum atomic E-state index is 12.6. The van der Waals surface area contributed by atoms with E-state index in [4.69, 9.17) is 0 Å². The molecule has 2 aromatic rings. The molecule has 2 fully saturated rings. The van der Waals surface area contributed by atoms with Gasteiger partial charge in [-0.1, -0.05) is 30.3 Å². The molecule has 4 heteroatoms. The van der Waals surface area contributed by atoms with Crippen molar-refractivity contribution in [2.75, 3.05) is 13.1 Å². The van der Waals surface area contributed by atoms with Crippen molar-refractivity contribution in [1.82, 2.24) is 15.2 Å². The van der Waals surface area contributed by atoms with E-state index in [0.29, 0.717) is 12.0 Å². The fraction of sp³-hybridized carbons (Fsp3) is 0.455. The Kier molecular flexibility index (Phi) is 5.02. The van der Waals surface area contributed by atoms with Gasteiger partial charge in [-0.2, -0.15) is 0 Å². The largest absolute Gasteiger partial charge is 0.353 e. The van der Waals surface area contributed by atoms with E-state index in [1.54, 1.807) is 0 Å². The molecular formula is C22H27N3O. The first-order valence-corrected chi connectivity index (χ1v) is 9.69. The minimum Gasteiger partial charge on any atom is -0.353 e. The average Bonchev–Trinajstić information content (AvgIpc) is 3.45. The second-order valence-electron chi connectivity index (χ2n) is 7.69. The van der Waals surface area contributed by atoms with Crippen molar-refractivity contribution < 1.29 is 4.79 Å². The maximum absolute atomic E-state index is 12.6. The number of likely N-dealkylation sites (tertiary alicyclic amines) is 1. The maximum Gasteiger partial charge on any atom is 0.223 e. The summed E-state index contributed by atoms with van der Waals surface area (Å²) in [6, 6.07) is 14.8. The fourth-order valence-corrected chi connectivity index (χ4v) is 4.10. The normalized spacial score (nSPS) is 23.6. The number of hydrogen-bond acceptors (Lipinski definition) is 3. The molecule has 0 bridgehead atoms. The van der Waals surface area contributed by atoms with Crippen molar-refractivity contribution in [2.45, 2.75) is 44.7 Å².